The fourth-order valence-corrected chi connectivity index (χ4v) is 3.85. The maximum atomic E-state index is 13.6. The molecule has 0 aromatic heterocycles. The average molecular weight is 434 g/mol. The molecule has 1 aliphatic heterocycles. The number of ketones is 1. The van der Waals surface area contributed by atoms with Crippen molar-refractivity contribution in [2.75, 3.05) is 13.2 Å². The molecular weight excluding hydrogens is 400 g/mol. The zero-order valence-electron chi connectivity index (χ0n) is 18.7. The third kappa shape index (κ3) is 5.37. The maximum absolute atomic E-state index is 13.6. The van der Waals surface area contributed by atoms with Gasteiger partial charge in [-0.15, -0.1) is 5.43 Å². The number of hydrogen-bond donors (Lipinski definition) is 2. The van der Waals surface area contributed by atoms with Crippen molar-refractivity contribution in [1.82, 2.24) is 5.43 Å². The fraction of sp³-hybridized carbons (Fsp3) is 0.565. The Morgan fingerprint density at radius 1 is 1.19 bits per heavy atom. The van der Waals surface area contributed by atoms with Gasteiger partial charge in [-0.2, -0.15) is 4.59 Å². The van der Waals surface area contributed by atoms with Crippen LogP contribution in [0.1, 0.15) is 52.5 Å². The number of hydrogen-bond acceptors (Lipinski definition) is 6. The van der Waals surface area contributed by atoms with Crippen LogP contribution in [-0.2, 0) is 30.3 Å². The fourth-order valence-electron chi connectivity index (χ4n) is 3.85. The topological polar surface area (TPSA) is 110 Å². The van der Waals surface area contributed by atoms with Gasteiger partial charge in [0.15, 0.2) is 6.04 Å². The van der Waals surface area contributed by atoms with Gasteiger partial charge in [0.25, 0.3) is 5.78 Å². The summed E-state index contributed by atoms with van der Waals surface area (Å²) in [5.41, 5.74) is 2.75. The minimum absolute atomic E-state index is 0.102. The van der Waals surface area contributed by atoms with Crippen molar-refractivity contribution in [2.24, 2.45) is 5.41 Å². The average Bonchev–Trinajstić information content (AvgIpc) is 3.17. The summed E-state index contributed by atoms with van der Waals surface area (Å²) in [4.78, 5) is 51.5. The molecule has 1 aromatic carbocycles. The van der Waals surface area contributed by atoms with E-state index >= 15 is 0 Å². The van der Waals surface area contributed by atoms with Crippen LogP contribution in [0, 0.1) is 5.41 Å². The summed E-state index contributed by atoms with van der Waals surface area (Å²) in [6, 6.07) is 6.88. The number of rotatable bonds is 10. The zero-order valence-corrected chi connectivity index (χ0v) is 18.7. The maximum Gasteiger partial charge on any atom is 0.402 e. The molecule has 1 aliphatic rings. The Kier molecular flexibility index (Phi) is 8.08. The van der Waals surface area contributed by atoms with E-state index in [-0.39, 0.29) is 19.6 Å². The number of likely N-dealkylation sites (tertiary alicyclic amines) is 1. The molecule has 1 fully saturated rings. The van der Waals surface area contributed by atoms with Gasteiger partial charge in [0.05, 0.1) is 6.61 Å². The summed E-state index contributed by atoms with van der Waals surface area (Å²) >= 11 is 0. The molecule has 1 saturated heterocycles. The van der Waals surface area contributed by atoms with Gasteiger partial charge in [-0.05, 0) is 18.9 Å². The molecule has 31 heavy (non-hydrogen) atoms. The number of amides is 1. The first-order chi connectivity index (χ1) is 14.6. The molecule has 0 saturated carbocycles. The van der Waals surface area contributed by atoms with Crippen LogP contribution in [0.4, 0.5) is 0 Å². The Balaban J connectivity index is 2.48. The lowest BCUT2D eigenvalue weighted by Gasteiger charge is -2.38. The molecule has 1 unspecified atom stereocenters. The second-order valence-corrected chi connectivity index (χ2v) is 8.58. The van der Waals surface area contributed by atoms with E-state index in [1.54, 1.807) is 45.0 Å². The van der Waals surface area contributed by atoms with Gasteiger partial charge in [0, 0.05) is 24.7 Å². The second kappa shape index (κ2) is 10.2. The molecule has 0 aliphatic carbocycles. The Bertz CT molecular complexity index is 823. The second-order valence-electron chi connectivity index (χ2n) is 8.58. The molecule has 1 heterocycles. The van der Waals surface area contributed by atoms with Crippen molar-refractivity contribution < 1.29 is 33.6 Å². The highest BCUT2D eigenvalue weighted by Gasteiger charge is 2.58. The summed E-state index contributed by atoms with van der Waals surface area (Å²) in [6.07, 6.45) is 1.35. The molecule has 2 rings (SSSR count). The number of quaternary nitrogens is 1. The number of nitrogens with zero attached hydrogens (tertiary/aromatic N) is 1. The van der Waals surface area contributed by atoms with E-state index in [2.05, 4.69) is 5.43 Å². The Hall–Kier alpha value is -2.58. The molecule has 0 spiro atoms. The predicted octanol–water partition coefficient (Wildman–Crippen LogP) is 2.26. The molecule has 1 aromatic rings. The van der Waals surface area contributed by atoms with Crippen LogP contribution in [0.3, 0.4) is 0 Å². The van der Waals surface area contributed by atoms with Crippen LogP contribution >= 0.6 is 0 Å². The predicted molar refractivity (Wildman–Crippen MR) is 114 cm³/mol. The van der Waals surface area contributed by atoms with E-state index in [9.17, 15) is 24.3 Å². The lowest BCUT2D eigenvalue weighted by atomic mass is 9.84. The summed E-state index contributed by atoms with van der Waals surface area (Å²) in [5.74, 6) is -3.18. The van der Waals surface area contributed by atoms with E-state index < -0.39 is 45.7 Å². The van der Waals surface area contributed by atoms with Gasteiger partial charge in [0.2, 0.25) is 6.04 Å². The zero-order chi connectivity index (χ0) is 23.2. The molecule has 3 atom stereocenters. The third-order valence-electron chi connectivity index (χ3n) is 6.10. The molecule has 8 heteroatoms. The highest BCUT2D eigenvalue weighted by atomic mass is 16.5. The van der Waals surface area contributed by atoms with E-state index in [4.69, 9.17) is 4.74 Å². The van der Waals surface area contributed by atoms with Gasteiger partial charge in [-0.25, -0.2) is 9.59 Å². The van der Waals surface area contributed by atoms with Crippen LogP contribution in [0.25, 0.3) is 0 Å². The van der Waals surface area contributed by atoms with E-state index in [1.165, 1.54) is 0 Å². The summed E-state index contributed by atoms with van der Waals surface area (Å²) in [7, 11) is 0. The number of Topliss-reactive ketones (excluding diaryl/α,β-unsaturated/α-hetero) is 1. The standard InChI is InChI=1S/C23H32N2O6/c1-5-23(3,4)19(26)20(27)25(14-10-13-18(25)22(30)31-6-2)24-17(21(28)29)15-16-11-8-7-9-12-16/h7-9,11-12,17-18,24H,5-6,10,13-15H2,1-4H3/p+1/t17-,18-,25?/m0/s1. The molecule has 0 radical (unpaired) electrons. The first-order valence-corrected chi connectivity index (χ1v) is 10.8. The number of esters is 1. The minimum atomic E-state index is -1.17. The SMILES string of the molecule is CCOC(=O)[C@@H]1CCC[N+]1(N[C@@H](Cc1ccccc1)C(=O)O)C(=O)C(=O)C(C)(C)CC. The molecule has 2 N–H and O–H groups in total. The van der Waals surface area contributed by atoms with Crippen molar-refractivity contribution in [3.63, 3.8) is 0 Å². The Morgan fingerprint density at radius 3 is 2.39 bits per heavy atom. The van der Waals surface area contributed by atoms with Crippen molar-refractivity contribution in [3.8, 4) is 0 Å². The van der Waals surface area contributed by atoms with Crippen molar-refractivity contribution in [1.29, 1.82) is 0 Å². The van der Waals surface area contributed by atoms with Crippen LogP contribution in [0.15, 0.2) is 30.3 Å². The van der Waals surface area contributed by atoms with Crippen molar-refractivity contribution in [2.45, 2.75) is 65.5 Å². The minimum Gasteiger partial charge on any atom is -0.480 e. The molecule has 0 bridgehead atoms. The lowest BCUT2D eigenvalue weighted by molar-refractivity contribution is -0.901. The number of carbonyl (C=O) groups excluding carboxylic acids is 3. The van der Waals surface area contributed by atoms with Gasteiger partial charge >= 0.3 is 17.8 Å². The first kappa shape index (κ1) is 24.7. The first-order valence-electron chi connectivity index (χ1n) is 10.8. The monoisotopic (exact) mass is 433 g/mol. The molecule has 1 amide bonds. The van der Waals surface area contributed by atoms with E-state index in [0.29, 0.717) is 19.3 Å². The van der Waals surface area contributed by atoms with Gasteiger partial charge in [-0.1, -0.05) is 51.1 Å². The van der Waals surface area contributed by atoms with Crippen molar-refractivity contribution in [3.05, 3.63) is 35.9 Å². The quantitative estimate of drug-likeness (QED) is 0.331. The Morgan fingerprint density at radius 2 is 1.84 bits per heavy atom. The summed E-state index contributed by atoms with van der Waals surface area (Å²) in [5, 5.41) is 9.88. The molecule has 170 valence electrons. The van der Waals surface area contributed by atoms with Gasteiger partial charge in [-0.3, -0.25) is 9.59 Å². The smallest absolute Gasteiger partial charge is 0.402 e. The molecule has 8 nitrogen and oxygen atoms in total. The highest BCUT2D eigenvalue weighted by molar-refractivity contribution is 6.35. The van der Waals surface area contributed by atoms with E-state index in [0.717, 1.165) is 5.56 Å². The number of aliphatic carboxylic acids is 1. The molecular formula is C23H33N2O6+. The summed E-state index contributed by atoms with van der Waals surface area (Å²) in [6.45, 7) is 7.11. The Labute approximate surface area is 183 Å². The lowest BCUT2D eigenvalue weighted by Crippen LogP contribution is -2.72. The van der Waals surface area contributed by atoms with Crippen LogP contribution in [0.5, 0.6) is 0 Å². The number of carboxylic acids is 1. The number of benzene rings is 1. The van der Waals surface area contributed by atoms with Crippen LogP contribution in [0.2, 0.25) is 0 Å². The van der Waals surface area contributed by atoms with Crippen LogP contribution in [-0.4, -0.2) is 58.6 Å². The highest BCUT2D eigenvalue weighted by Crippen LogP contribution is 2.31. The van der Waals surface area contributed by atoms with Crippen molar-refractivity contribution >= 4 is 23.6 Å². The number of carboxylic acid groups (broad SMARTS) is 1. The van der Waals surface area contributed by atoms with Crippen LogP contribution < -0.4 is 5.43 Å². The third-order valence-corrected chi connectivity index (χ3v) is 6.10. The summed E-state index contributed by atoms with van der Waals surface area (Å²) < 4.78 is 4.46. The van der Waals surface area contributed by atoms with Gasteiger partial charge < -0.3 is 9.84 Å². The number of nitrogens with one attached hydrogen (secondary N) is 1. The normalized spacial score (nSPS) is 22.0. The largest absolute Gasteiger partial charge is 0.480 e. The number of ether oxygens (including phenoxy) is 1. The number of carbonyl (C=O) groups is 4. The van der Waals surface area contributed by atoms with E-state index in [1.807, 2.05) is 13.0 Å². The van der Waals surface area contributed by atoms with Gasteiger partial charge in [0.1, 0.15) is 6.54 Å².